The Morgan fingerprint density at radius 1 is 0.857 bits per heavy atom. The maximum absolute atomic E-state index is 5.08. The van der Waals surface area contributed by atoms with Gasteiger partial charge in [0.15, 0.2) is 5.65 Å². The summed E-state index contributed by atoms with van der Waals surface area (Å²) < 4.78 is 1.93. The molecule has 0 N–H and O–H groups in total. The van der Waals surface area contributed by atoms with Crippen LogP contribution in [0.3, 0.4) is 0 Å². The molecule has 0 unspecified atom stereocenters. The zero-order chi connectivity index (χ0) is 23.8. The van der Waals surface area contributed by atoms with Crippen LogP contribution in [0, 0.1) is 30.6 Å². The molecular weight excluding hydrogens is 432 g/mol. The maximum atomic E-state index is 5.08. The van der Waals surface area contributed by atoms with E-state index in [1.165, 1.54) is 63.5 Å². The van der Waals surface area contributed by atoms with Crippen molar-refractivity contribution in [2.45, 2.75) is 84.5 Å². The summed E-state index contributed by atoms with van der Waals surface area (Å²) >= 11 is 0. The molecular formula is C29H36N6. The molecule has 35 heavy (non-hydrogen) atoms. The molecule has 0 radical (unpaired) electrons. The highest BCUT2D eigenvalue weighted by atomic mass is 15.3. The van der Waals surface area contributed by atoms with Crippen molar-refractivity contribution in [2.75, 3.05) is 18.0 Å². The van der Waals surface area contributed by atoms with E-state index in [4.69, 9.17) is 20.1 Å². The molecule has 0 spiro atoms. The van der Waals surface area contributed by atoms with E-state index >= 15 is 0 Å². The summed E-state index contributed by atoms with van der Waals surface area (Å²) in [6.07, 6.45) is 13.1. The van der Waals surface area contributed by atoms with E-state index in [2.05, 4.69) is 42.7 Å². The molecule has 3 aliphatic rings. The third kappa shape index (κ3) is 4.66. The van der Waals surface area contributed by atoms with Crippen LogP contribution in [0.4, 0.5) is 5.82 Å². The summed E-state index contributed by atoms with van der Waals surface area (Å²) in [6, 6.07) is 4.22. The van der Waals surface area contributed by atoms with E-state index in [-0.39, 0.29) is 0 Å². The molecule has 6 heteroatoms. The van der Waals surface area contributed by atoms with Gasteiger partial charge < -0.3 is 4.90 Å². The molecule has 0 aromatic carbocycles. The minimum atomic E-state index is 0.484. The van der Waals surface area contributed by atoms with Gasteiger partial charge in [0.2, 0.25) is 0 Å². The molecule has 4 heterocycles. The third-order valence-corrected chi connectivity index (χ3v) is 8.06. The number of rotatable bonds is 2. The lowest BCUT2D eigenvalue weighted by atomic mass is 9.83. The van der Waals surface area contributed by atoms with Gasteiger partial charge in [-0.2, -0.15) is 5.10 Å². The largest absolute Gasteiger partial charge is 0.356 e. The van der Waals surface area contributed by atoms with Gasteiger partial charge in [-0.3, -0.25) is 4.98 Å². The summed E-state index contributed by atoms with van der Waals surface area (Å²) in [7, 11) is 0. The lowest BCUT2D eigenvalue weighted by Crippen LogP contribution is -2.19. The molecule has 1 saturated carbocycles. The minimum Gasteiger partial charge on any atom is -0.356 e. The van der Waals surface area contributed by atoms with Crippen LogP contribution in [0.2, 0.25) is 0 Å². The predicted octanol–water partition coefficient (Wildman–Crippen LogP) is 5.54. The zero-order valence-electron chi connectivity index (χ0n) is 21.2. The quantitative estimate of drug-likeness (QED) is 0.365. The van der Waals surface area contributed by atoms with Gasteiger partial charge in [-0.05, 0) is 83.0 Å². The molecule has 0 bridgehead atoms. The van der Waals surface area contributed by atoms with Crippen LogP contribution in [0.5, 0.6) is 0 Å². The number of aromatic nitrogens is 5. The standard InChI is InChI=1S/C29H36N6/c1-20-10-12-22(13-11-20)14-15-23-18-27(34-16-6-7-17-34)32-28-19-26(33-35(23)28)29-21(2)30-24-8-4-3-5-9-25(24)31-29/h18-20,22H,3-13,16-17H2,1-2H3/t20-,22+. The lowest BCUT2D eigenvalue weighted by molar-refractivity contribution is 0.337. The van der Waals surface area contributed by atoms with Crippen molar-refractivity contribution in [3.8, 4) is 23.2 Å². The van der Waals surface area contributed by atoms with Crippen LogP contribution in [0.1, 0.15) is 87.5 Å². The van der Waals surface area contributed by atoms with Gasteiger partial charge in [-0.25, -0.2) is 14.5 Å². The van der Waals surface area contributed by atoms with Gasteiger partial charge in [0, 0.05) is 31.1 Å². The average Bonchev–Trinajstić information content (AvgIpc) is 3.49. The molecule has 6 nitrogen and oxygen atoms in total. The zero-order valence-corrected chi connectivity index (χ0v) is 21.2. The van der Waals surface area contributed by atoms with Crippen LogP contribution in [-0.2, 0) is 12.8 Å². The van der Waals surface area contributed by atoms with E-state index in [0.29, 0.717) is 5.92 Å². The highest BCUT2D eigenvalue weighted by Gasteiger charge is 2.21. The second kappa shape index (κ2) is 9.60. The number of anilines is 1. The fraction of sp³-hybridized carbons (Fsp3) is 0.586. The Hall–Kier alpha value is -2.94. The second-order valence-corrected chi connectivity index (χ2v) is 10.8. The van der Waals surface area contributed by atoms with Crippen molar-refractivity contribution < 1.29 is 0 Å². The maximum Gasteiger partial charge on any atom is 0.159 e. The Balaban J connectivity index is 1.42. The Kier molecular flexibility index (Phi) is 6.18. The van der Waals surface area contributed by atoms with Crippen molar-refractivity contribution in [3.05, 3.63) is 34.9 Å². The van der Waals surface area contributed by atoms with Crippen LogP contribution in [0.15, 0.2) is 12.1 Å². The minimum absolute atomic E-state index is 0.484. The Labute approximate surface area is 208 Å². The number of hydrogen-bond donors (Lipinski definition) is 0. The first-order valence-electron chi connectivity index (χ1n) is 13.7. The second-order valence-electron chi connectivity index (χ2n) is 10.8. The van der Waals surface area contributed by atoms with E-state index in [9.17, 15) is 0 Å². The Morgan fingerprint density at radius 2 is 1.60 bits per heavy atom. The van der Waals surface area contributed by atoms with Crippen molar-refractivity contribution in [1.82, 2.24) is 24.6 Å². The molecule has 3 aromatic rings. The summed E-state index contributed by atoms with van der Waals surface area (Å²) in [5, 5.41) is 4.99. The summed E-state index contributed by atoms with van der Waals surface area (Å²) in [4.78, 5) is 17.4. The van der Waals surface area contributed by atoms with E-state index in [0.717, 1.165) is 71.8 Å². The molecule has 1 aliphatic heterocycles. The van der Waals surface area contributed by atoms with E-state index in [1.54, 1.807) is 0 Å². The van der Waals surface area contributed by atoms with Gasteiger partial charge in [-0.15, -0.1) is 0 Å². The van der Waals surface area contributed by atoms with Crippen molar-refractivity contribution in [1.29, 1.82) is 0 Å². The first-order chi connectivity index (χ1) is 17.1. The first kappa shape index (κ1) is 22.5. The predicted molar refractivity (Wildman–Crippen MR) is 139 cm³/mol. The molecule has 3 aromatic heterocycles. The number of aryl methyl sites for hydroxylation is 3. The molecule has 0 atom stereocenters. The van der Waals surface area contributed by atoms with Crippen LogP contribution >= 0.6 is 0 Å². The SMILES string of the molecule is Cc1nc2c(nc1-c1cc3nc(N4CCCC4)cc(C#C[C@H]4CC[C@@H](C)CC4)n3n1)CCCCC2. The van der Waals surface area contributed by atoms with Crippen molar-refractivity contribution in [2.24, 2.45) is 11.8 Å². The smallest absolute Gasteiger partial charge is 0.159 e. The molecule has 1 saturated heterocycles. The number of nitrogens with zero attached hydrogens (tertiary/aromatic N) is 6. The average molecular weight is 469 g/mol. The van der Waals surface area contributed by atoms with Crippen LogP contribution in [0.25, 0.3) is 17.0 Å². The highest BCUT2D eigenvalue weighted by Crippen LogP contribution is 2.29. The van der Waals surface area contributed by atoms with Gasteiger partial charge in [0.1, 0.15) is 22.9 Å². The Morgan fingerprint density at radius 3 is 2.37 bits per heavy atom. The normalized spacial score (nSPS) is 22.5. The summed E-state index contributed by atoms with van der Waals surface area (Å²) in [5.41, 5.74) is 6.80. The monoisotopic (exact) mass is 468 g/mol. The van der Waals surface area contributed by atoms with E-state index < -0.39 is 0 Å². The lowest BCUT2D eigenvalue weighted by Gasteiger charge is -2.22. The number of fused-ring (bicyclic) bond motifs is 2. The van der Waals surface area contributed by atoms with Gasteiger partial charge in [0.05, 0.1) is 17.1 Å². The molecule has 2 fully saturated rings. The van der Waals surface area contributed by atoms with Crippen LogP contribution < -0.4 is 4.90 Å². The van der Waals surface area contributed by atoms with Crippen molar-refractivity contribution >= 4 is 11.5 Å². The third-order valence-electron chi connectivity index (χ3n) is 8.06. The van der Waals surface area contributed by atoms with Crippen molar-refractivity contribution in [3.63, 3.8) is 0 Å². The topological polar surface area (TPSA) is 59.2 Å². The molecule has 2 aliphatic carbocycles. The summed E-state index contributed by atoms with van der Waals surface area (Å²) in [6.45, 7) is 6.54. The number of hydrogen-bond acceptors (Lipinski definition) is 5. The van der Waals surface area contributed by atoms with Crippen LogP contribution in [-0.4, -0.2) is 37.7 Å². The fourth-order valence-corrected chi connectivity index (χ4v) is 5.86. The highest BCUT2D eigenvalue weighted by molar-refractivity contribution is 5.65. The first-order valence-corrected chi connectivity index (χ1v) is 13.7. The molecule has 6 rings (SSSR count). The summed E-state index contributed by atoms with van der Waals surface area (Å²) in [5.74, 6) is 9.45. The van der Waals surface area contributed by atoms with Gasteiger partial charge in [0.25, 0.3) is 0 Å². The molecule has 0 amide bonds. The molecule has 182 valence electrons. The Bertz CT molecular complexity index is 1280. The van der Waals surface area contributed by atoms with Gasteiger partial charge in [-0.1, -0.05) is 19.3 Å². The van der Waals surface area contributed by atoms with Gasteiger partial charge >= 0.3 is 0 Å². The fourth-order valence-electron chi connectivity index (χ4n) is 5.86. The van der Waals surface area contributed by atoms with E-state index in [1.807, 2.05) is 4.52 Å².